The fraction of sp³-hybridized carbons (Fsp3) is 0.429. The van der Waals surface area contributed by atoms with Crippen molar-refractivity contribution in [3.63, 3.8) is 0 Å². The standard InChI is InChI=1S/C14H17N5OS/c1-2-16-12(20)9-21-14-18-17-13(19(14)11-5-6-11)10-4-3-7-15-8-10/h3-4,7-8,11H,2,5-6,9H2,1H3,(H,16,20). The zero-order chi connectivity index (χ0) is 14.7. The highest BCUT2D eigenvalue weighted by atomic mass is 32.2. The van der Waals surface area contributed by atoms with Crippen LogP contribution in [0.4, 0.5) is 0 Å². The van der Waals surface area contributed by atoms with E-state index in [-0.39, 0.29) is 5.91 Å². The number of nitrogens with one attached hydrogen (secondary N) is 1. The van der Waals surface area contributed by atoms with E-state index < -0.39 is 0 Å². The number of carbonyl (C=O) groups is 1. The molecule has 2 heterocycles. The fourth-order valence-corrected chi connectivity index (χ4v) is 2.94. The van der Waals surface area contributed by atoms with Crippen molar-refractivity contribution in [2.75, 3.05) is 12.3 Å². The molecule has 7 heteroatoms. The van der Waals surface area contributed by atoms with Gasteiger partial charge in [0.05, 0.1) is 5.75 Å². The van der Waals surface area contributed by atoms with Gasteiger partial charge in [-0.3, -0.25) is 14.3 Å². The summed E-state index contributed by atoms with van der Waals surface area (Å²) in [5.41, 5.74) is 0.960. The van der Waals surface area contributed by atoms with Crippen LogP contribution in [0.1, 0.15) is 25.8 Å². The minimum Gasteiger partial charge on any atom is -0.356 e. The van der Waals surface area contributed by atoms with E-state index in [1.807, 2.05) is 19.1 Å². The first-order valence-corrected chi connectivity index (χ1v) is 8.03. The molecule has 1 aliphatic rings. The van der Waals surface area contributed by atoms with Gasteiger partial charge in [-0.15, -0.1) is 10.2 Å². The molecule has 21 heavy (non-hydrogen) atoms. The molecule has 0 saturated heterocycles. The number of aromatic nitrogens is 4. The molecular weight excluding hydrogens is 286 g/mol. The quantitative estimate of drug-likeness (QED) is 0.825. The Hall–Kier alpha value is -1.89. The van der Waals surface area contributed by atoms with Crippen LogP contribution >= 0.6 is 11.8 Å². The number of carbonyl (C=O) groups excluding carboxylic acids is 1. The van der Waals surface area contributed by atoms with Crippen molar-refractivity contribution < 1.29 is 4.79 Å². The maximum absolute atomic E-state index is 11.6. The molecule has 0 spiro atoms. The average molecular weight is 303 g/mol. The molecule has 2 aromatic rings. The van der Waals surface area contributed by atoms with Crippen LogP contribution in [-0.4, -0.2) is 38.0 Å². The van der Waals surface area contributed by atoms with Crippen molar-refractivity contribution in [1.29, 1.82) is 0 Å². The van der Waals surface area contributed by atoms with Crippen molar-refractivity contribution >= 4 is 17.7 Å². The monoisotopic (exact) mass is 303 g/mol. The minimum atomic E-state index is 0.0239. The second kappa shape index (κ2) is 6.26. The molecule has 1 fully saturated rings. The molecule has 0 aromatic carbocycles. The van der Waals surface area contributed by atoms with Gasteiger partial charge in [0.2, 0.25) is 5.91 Å². The predicted molar refractivity (Wildman–Crippen MR) is 80.9 cm³/mol. The van der Waals surface area contributed by atoms with Gasteiger partial charge in [0.15, 0.2) is 11.0 Å². The van der Waals surface area contributed by atoms with Crippen LogP contribution in [0.25, 0.3) is 11.4 Å². The van der Waals surface area contributed by atoms with Crippen molar-refractivity contribution in [2.45, 2.75) is 31.0 Å². The molecule has 3 rings (SSSR count). The van der Waals surface area contributed by atoms with Crippen LogP contribution in [0.15, 0.2) is 29.7 Å². The molecule has 1 aliphatic carbocycles. The van der Waals surface area contributed by atoms with E-state index >= 15 is 0 Å². The Morgan fingerprint density at radius 1 is 1.48 bits per heavy atom. The summed E-state index contributed by atoms with van der Waals surface area (Å²) in [4.78, 5) is 15.7. The Morgan fingerprint density at radius 2 is 2.33 bits per heavy atom. The fourth-order valence-electron chi connectivity index (χ4n) is 2.11. The van der Waals surface area contributed by atoms with Gasteiger partial charge in [0, 0.05) is 30.5 Å². The summed E-state index contributed by atoms with van der Waals surface area (Å²) in [6.45, 7) is 2.56. The average Bonchev–Trinajstić information content (AvgIpc) is 3.26. The Labute approximate surface area is 127 Å². The molecule has 0 atom stereocenters. The molecule has 1 amide bonds. The molecule has 0 radical (unpaired) electrons. The summed E-state index contributed by atoms with van der Waals surface area (Å²) >= 11 is 1.44. The highest BCUT2D eigenvalue weighted by molar-refractivity contribution is 7.99. The second-order valence-electron chi connectivity index (χ2n) is 4.89. The largest absolute Gasteiger partial charge is 0.356 e. The molecule has 110 valence electrons. The molecule has 0 aliphatic heterocycles. The van der Waals surface area contributed by atoms with Gasteiger partial charge in [-0.25, -0.2) is 0 Å². The van der Waals surface area contributed by atoms with E-state index in [1.165, 1.54) is 11.8 Å². The SMILES string of the molecule is CCNC(=O)CSc1nnc(-c2cccnc2)n1C1CC1. The number of amides is 1. The van der Waals surface area contributed by atoms with Crippen LogP contribution in [-0.2, 0) is 4.79 Å². The van der Waals surface area contributed by atoms with Gasteiger partial charge in [-0.2, -0.15) is 0 Å². The lowest BCUT2D eigenvalue weighted by molar-refractivity contribution is -0.118. The third-order valence-electron chi connectivity index (χ3n) is 3.20. The molecule has 6 nitrogen and oxygen atoms in total. The van der Waals surface area contributed by atoms with Gasteiger partial charge in [-0.1, -0.05) is 11.8 Å². The van der Waals surface area contributed by atoms with Gasteiger partial charge in [0.1, 0.15) is 0 Å². The van der Waals surface area contributed by atoms with Crippen molar-refractivity contribution in [3.8, 4) is 11.4 Å². The summed E-state index contributed by atoms with van der Waals surface area (Å²) in [5.74, 6) is 1.23. The summed E-state index contributed by atoms with van der Waals surface area (Å²) in [5, 5.41) is 12.1. The lowest BCUT2D eigenvalue weighted by Crippen LogP contribution is -2.24. The summed E-state index contributed by atoms with van der Waals surface area (Å²) in [7, 11) is 0. The van der Waals surface area contributed by atoms with Crippen LogP contribution in [0.3, 0.4) is 0 Å². The number of hydrogen-bond donors (Lipinski definition) is 1. The zero-order valence-corrected chi connectivity index (χ0v) is 12.6. The van der Waals surface area contributed by atoms with E-state index in [1.54, 1.807) is 12.4 Å². The van der Waals surface area contributed by atoms with Crippen molar-refractivity contribution in [2.24, 2.45) is 0 Å². The van der Waals surface area contributed by atoms with Crippen LogP contribution in [0.5, 0.6) is 0 Å². The first kappa shape index (κ1) is 14.1. The maximum Gasteiger partial charge on any atom is 0.230 e. The zero-order valence-electron chi connectivity index (χ0n) is 11.8. The van der Waals surface area contributed by atoms with Gasteiger partial charge in [0.25, 0.3) is 0 Å². The number of nitrogens with zero attached hydrogens (tertiary/aromatic N) is 4. The number of pyridine rings is 1. The van der Waals surface area contributed by atoms with Gasteiger partial charge >= 0.3 is 0 Å². The van der Waals surface area contributed by atoms with E-state index in [0.717, 1.165) is 29.4 Å². The Kier molecular flexibility index (Phi) is 4.19. The molecule has 0 bridgehead atoms. The minimum absolute atomic E-state index is 0.0239. The van der Waals surface area contributed by atoms with Gasteiger partial charge in [-0.05, 0) is 31.9 Å². The first-order chi connectivity index (χ1) is 10.3. The maximum atomic E-state index is 11.6. The number of rotatable bonds is 6. The van der Waals surface area contributed by atoms with E-state index in [9.17, 15) is 4.79 Å². The summed E-state index contributed by atoms with van der Waals surface area (Å²) < 4.78 is 2.14. The smallest absolute Gasteiger partial charge is 0.230 e. The molecular formula is C14H17N5OS. The first-order valence-electron chi connectivity index (χ1n) is 7.04. The highest BCUT2D eigenvalue weighted by Crippen LogP contribution is 2.40. The summed E-state index contributed by atoms with van der Waals surface area (Å²) in [6, 6.07) is 4.32. The number of hydrogen-bond acceptors (Lipinski definition) is 5. The lowest BCUT2D eigenvalue weighted by Gasteiger charge is -2.08. The molecule has 1 saturated carbocycles. The van der Waals surface area contributed by atoms with E-state index in [4.69, 9.17) is 0 Å². The number of thioether (sulfide) groups is 1. The highest BCUT2D eigenvalue weighted by Gasteiger charge is 2.30. The van der Waals surface area contributed by atoms with Crippen LogP contribution in [0.2, 0.25) is 0 Å². The molecule has 0 unspecified atom stereocenters. The van der Waals surface area contributed by atoms with Crippen LogP contribution in [0, 0.1) is 0 Å². The van der Waals surface area contributed by atoms with E-state index in [2.05, 4.69) is 25.1 Å². The Balaban J connectivity index is 1.82. The lowest BCUT2D eigenvalue weighted by atomic mass is 10.3. The van der Waals surface area contributed by atoms with Crippen molar-refractivity contribution in [3.05, 3.63) is 24.5 Å². The van der Waals surface area contributed by atoms with Crippen molar-refractivity contribution in [1.82, 2.24) is 25.1 Å². The van der Waals surface area contributed by atoms with E-state index in [0.29, 0.717) is 18.3 Å². The predicted octanol–water partition coefficient (Wildman–Crippen LogP) is 1.90. The summed E-state index contributed by atoms with van der Waals surface area (Å²) in [6.07, 6.45) is 5.81. The molecule has 1 N–H and O–H groups in total. The second-order valence-corrected chi connectivity index (χ2v) is 5.83. The topological polar surface area (TPSA) is 72.7 Å². The third kappa shape index (κ3) is 3.24. The third-order valence-corrected chi connectivity index (χ3v) is 4.15. The Bertz CT molecular complexity index is 624. The van der Waals surface area contributed by atoms with Gasteiger partial charge < -0.3 is 5.32 Å². The normalized spacial score (nSPS) is 14.1. The van der Waals surface area contributed by atoms with Crippen LogP contribution < -0.4 is 5.32 Å². The molecule has 2 aromatic heterocycles. The Morgan fingerprint density at radius 3 is 3.00 bits per heavy atom.